The van der Waals surface area contributed by atoms with Gasteiger partial charge in [0.25, 0.3) is 0 Å². The van der Waals surface area contributed by atoms with Crippen LogP contribution in [0.4, 0.5) is 5.13 Å². The van der Waals surface area contributed by atoms with Gasteiger partial charge < -0.3 is 9.64 Å². The van der Waals surface area contributed by atoms with E-state index in [1.54, 1.807) is 30.2 Å². The molecule has 0 aliphatic rings. The average molecular weight is 466 g/mol. The first-order valence-corrected chi connectivity index (χ1v) is 11.4. The van der Waals surface area contributed by atoms with Gasteiger partial charge in [-0.3, -0.25) is 9.69 Å². The van der Waals surface area contributed by atoms with Crippen LogP contribution in [0.15, 0.2) is 53.4 Å². The molecule has 3 rings (SSSR count). The maximum atomic E-state index is 13.1. The van der Waals surface area contributed by atoms with Crippen molar-refractivity contribution in [3.63, 3.8) is 0 Å². The number of carbonyl (C=O) groups excluding carboxylic acids is 1. The van der Waals surface area contributed by atoms with E-state index in [0.29, 0.717) is 13.0 Å². The molecule has 0 bridgehead atoms. The number of aromatic nitrogens is 1. The molecule has 1 heterocycles. The van der Waals surface area contributed by atoms with Crippen molar-refractivity contribution in [1.82, 2.24) is 9.88 Å². The molecule has 0 spiro atoms. The molecule has 3 aromatic rings. The number of hydrogen-bond donors (Lipinski definition) is 0. The molecular formula is C22H28ClN3O2S2. The Morgan fingerprint density at radius 1 is 1.10 bits per heavy atom. The maximum absolute atomic E-state index is 13.1. The number of benzene rings is 2. The molecule has 0 N–H and O–H groups in total. The number of amides is 1. The number of rotatable bonds is 10. The summed E-state index contributed by atoms with van der Waals surface area (Å²) in [6.07, 6.45) is 1.38. The summed E-state index contributed by atoms with van der Waals surface area (Å²) in [5, 5.41) is 0.748. The second-order valence-electron chi connectivity index (χ2n) is 6.92. The SMILES string of the molecule is COc1cccc2sc(N(CCCN(C)C)C(=O)CCSc3ccccc3)nc12.Cl. The minimum absolute atomic E-state index is 0. The lowest BCUT2D eigenvalue weighted by Crippen LogP contribution is -2.33. The third kappa shape index (κ3) is 6.60. The molecule has 0 saturated heterocycles. The van der Waals surface area contributed by atoms with E-state index in [2.05, 4.69) is 17.0 Å². The highest BCUT2D eigenvalue weighted by atomic mass is 35.5. The molecule has 0 aliphatic carbocycles. The number of hydrogen-bond acceptors (Lipinski definition) is 6. The Kier molecular flexibility index (Phi) is 9.91. The Hall–Kier alpha value is -1.80. The molecule has 1 amide bonds. The Morgan fingerprint density at radius 3 is 2.57 bits per heavy atom. The molecule has 8 heteroatoms. The van der Waals surface area contributed by atoms with Crippen molar-refractivity contribution in [2.45, 2.75) is 17.7 Å². The Morgan fingerprint density at radius 2 is 1.87 bits per heavy atom. The molecule has 162 valence electrons. The van der Waals surface area contributed by atoms with Gasteiger partial charge in [-0.1, -0.05) is 35.6 Å². The Labute approximate surface area is 192 Å². The van der Waals surface area contributed by atoms with Crippen LogP contribution in [0.2, 0.25) is 0 Å². The first-order chi connectivity index (χ1) is 14.1. The summed E-state index contributed by atoms with van der Waals surface area (Å²) < 4.78 is 6.47. The van der Waals surface area contributed by atoms with E-state index >= 15 is 0 Å². The first kappa shape index (κ1) is 24.5. The predicted molar refractivity (Wildman–Crippen MR) is 131 cm³/mol. The number of ether oxygens (including phenoxy) is 1. The van der Waals surface area contributed by atoms with Crippen LogP contribution < -0.4 is 9.64 Å². The van der Waals surface area contributed by atoms with Gasteiger partial charge in [-0.05, 0) is 51.3 Å². The van der Waals surface area contributed by atoms with Crippen LogP contribution in [0.25, 0.3) is 10.2 Å². The average Bonchev–Trinajstić information content (AvgIpc) is 3.15. The Balaban J connectivity index is 0.00000320. The minimum atomic E-state index is 0. The van der Waals surface area contributed by atoms with Crippen molar-refractivity contribution in [2.75, 3.05) is 44.9 Å². The van der Waals surface area contributed by atoms with E-state index in [4.69, 9.17) is 9.72 Å². The van der Waals surface area contributed by atoms with Gasteiger partial charge in [0.1, 0.15) is 11.3 Å². The summed E-state index contributed by atoms with van der Waals surface area (Å²) in [5.41, 5.74) is 0.819. The second-order valence-corrected chi connectivity index (χ2v) is 9.09. The number of halogens is 1. The summed E-state index contributed by atoms with van der Waals surface area (Å²) in [7, 11) is 5.74. The highest BCUT2D eigenvalue weighted by Gasteiger charge is 2.20. The molecule has 0 atom stereocenters. The van der Waals surface area contributed by atoms with Gasteiger partial charge in [0.2, 0.25) is 5.91 Å². The van der Waals surface area contributed by atoms with Gasteiger partial charge in [0, 0.05) is 23.6 Å². The van der Waals surface area contributed by atoms with Crippen LogP contribution in [0.1, 0.15) is 12.8 Å². The topological polar surface area (TPSA) is 45.7 Å². The van der Waals surface area contributed by atoms with Gasteiger partial charge in [-0.15, -0.1) is 24.2 Å². The minimum Gasteiger partial charge on any atom is -0.494 e. The highest BCUT2D eigenvalue weighted by molar-refractivity contribution is 7.99. The van der Waals surface area contributed by atoms with E-state index < -0.39 is 0 Å². The van der Waals surface area contributed by atoms with Crippen LogP contribution >= 0.6 is 35.5 Å². The third-order valence-corrected chi connectivity index (χ3v) is 6.49. The number of anilines is 1. The standard InChI is InChI=1S/C22H27N3O2S2.ClH/c1-24(2)14-8-15-25(20(26)13-16-28-17-9-5-4-6-10-17)22-23-21-18(27-3)11-7-12-19(21)29-22;/h4-7,9-12H,8,13-16H2,1-3H3;1H. The van der Waals surface area contributed by atoms with E-state index in [1.165, 1.54) is 4.90 Å². The highest BCUT2D eigenvalue weighted by Crippen LogP contribution is 2.34. The predicted octanol–water partition coefficient (Wildman–Crippen LogP) is 5.19. The van der Waals surface area contributed by atoms with Crippen molar-refractivity contribution in [1.29, 1.82) is 0 Å². The van der Waals surface area contributed by atoms with E-state index in [0.717, 1.165) is 39.8 Å². The van der Waals surface area contributed by atoms with Gasteiger partial charge >= 0.3 is 0 Å². The summed E-state index contributed by atoms with van der Waals surface area (Å²) >= 11 is 3.25. The van der Waals surface area contributed by atoms with Crippen molar-refractivity contribution >= 4 is 56.8 Å². The van der Waals surface area contributed by atoms with Crippen LogP contribution in [-0.2, 0) is 4.79 Å². The van der Waals surface area contributed by atoms with Crippen LogP contribution in [-0.4, -0.2) is 55.8 Å². The second kappa shape index (κ2) is 12.2. The molecule has 2 aromatic carbocycles. The zero-order valence-corrected chi connectivity index (χ0v) is 20.0. The fourth-order valence-electron chi connectivity index (χ4n) is 2.97. The molecular weight excluding hydrogens is 438 g/mol. The lowest BCUT2D eigenvalue weighted by atomic mass is 10.3. The van der Waals surface area contributed by atoms with Crippen molar-refractivity contribution in [3.05, 3.63) is 48.5 Å². The summed E-state index contributed by atoms with van der Waals surface area (Å²) in [5.74, 6) is 1.61. The molecule has 1 aromatic heterocycles. The van der Waals surface area contributed by atoms with Crippen molar-refractivity contribution < 1.29 is 9.53 Å². The number of para-hydroxylation sites is 1. The van der Waals surface area contributed by atoms with E-state index in [9.17, 15) is 4.79 Å². The smallest absolute Gasteiger partial charge is 0.229 e. The van der Waals surface area contributed by atoms with Gasteiger partial charge in [0.05, 0.1) is 11.8 Å². The summed E-state index contributed by atoms with van der Waals surface area (Å²) in [6.45, 7) is 1.59. The van der Waals surface area contributed by atoms with Crippen LogP contribution in [0.5, 0.6) is 5.75 Å². The molecule has 0 unspecified atom stereocenters. The maximum Gasteiger partial charge on any atom is 0.229 e. The summed E-state index contributed by atoms with van der Waals surface area (Å²) in [4.78, 5) is 23.0. The zero-order chi connectivity index (χ0) is 20.6. The molecule has 0 aliphatic heterocycles. The largest absolute Gasteiger partial charge is 0.494 e. The zero-order valence-electron chi connectivity index (χ0n) is 17.5. The van der Waals surface area contributed by atoms with Crippen molar-refractivity contribution in [3.8, 4) is 5.75 Å². The summed E-state index contributed by atoms with van der Waals surface area (Å²) in [6, 6.07) is 16.1. The quantitative estimate of drug-likeness (QED) is 0.385. The third-order valence-electron chi connectivity index (χ3n) is 4.44. The van der Waals surface area contributed by atoms with Crippen LogP contribution in [0.3, 0.4) is 0 Å². The Bertz CT molecular complexity index is 935. The van der Waals surface area contributed by atoms with Gasteiger partial charge in [0.15, 0.2) is 5.13 Å². The lowest BCUT2D eigenvalue weighted by molar-refractivity contribution is -0.118. The van der Waals surface area contributed by atoms with E-state index in [1.807, 2.05) is 55.4 Å². The number of thioether (sulfide) groups is 1. The molecule has 0 saturated carbocycles. The monoisotopic (exact) mass is 465 g/mol. The fourth-order valence-corrected chi connectivity index (χ4v) is 4.86. The molecule has 5 nitrogen and oxygen atoms in total. The normalized spacial score (nSPS) is 10.8. The number of nitrogens with zero attached hydrogens (tertiary/aromatic N) is 3. The number of thiazole rings is 1. The van der Waals surface area contributed by atoms with Crippen LogP contribution in [0, 0.1) is 0 Å². The first-order valence-electron chi connectivity index (χ1n) is 9.65. The number of methoxy groups -OCH3 is 1. The molecule has 0 fully saturated rings. The lowest BCUT2D eigenvalue weighted by Gasteiger charge is -2.21. The van der Waals surface area contributed by atoms with Gasteiger partial charge in [-0.2, -0.15) is 0 Å². The number of carbonyl (C=O) groups is 1. The van der Waals surface area contributed by atoms with E-state index in [-0.39, 0.29) is 18.3 Å². The fraction of sp³-hybridized carbons (Fsp3) is 0.364. The van der Waals surface area contributed by atoms with Gasteiger partial charge in [-0.25, -0.2) is 4.98 Å². The molecule has 0 radical (unpaired) electrons. The molecule has 30 heavy (non-hydrogen) atoms. The number of fused-ring (bicyclic) bond motifs is 1. The van der Waals surface area contributed by atoms with Crippen molar-refractivity contribution in [2.24, 2.45) is 0 Å².